The summed E-state index contributed by atoms with van der Waals surface area (Å²) in [7, 11) is 0. The Morgan fingerprint density at radius 1 is 1.28 bits per heavy atom. The average Bonchev–Trinajstić information content (AvgIpc) is 2.79. The van der Waals surface area contributed by atoms with E-state index in [9.17, 15) is 4.79 Å². The smallest absolute Gasteiger partial charge is 0.254 e. The van der Waals surface area contributed by atoms with E-state index in [2.05, 4.69) is 25.8 Å². The van der Waals surface area contributed by atoms with E-state index in [4.69, 9.17) is 5.73 Å². The van der Waals surface area contributed by atoms with Gasteiger partial charge in [-0.2, -0.15) is 0 Å². The van der Waals surface area contributed by atoms with Crippen molar-refractivity contribution in [3.05, 3.63) is 23.4 Å². The van der Waals surface area contributed by atoms with Crippen LogP contribution in [0.5, 0.6) is 0 Å². The maximum atomic E-state index is 12.3. The van der Waals surface area contributed by atoms with E-state index >= 15 is 0 Å². The predicted molar refractivity (Wildman–Crippen MR) is 72.5 cm³/mol. The first-order valence-electron chi connectivity index (χ1n) is 6.45. The summed E-state index contributed by atoms with van der Waals surface area (Å²) in [5.41, 5.74) is 7.24. The van der Waals surface area contributed by atoms with Gasteiger partial charge in [0.05, 0.1) is 0 Å². The van der Waals surface area contributed by atoms with E-state index in [1.807, 2.05) is 11.0 Å². The lowest BCUT2D eigenvalue weighted by atomic mass is 9.90. The van der Waals surface area contributed by atoms with Crippen LogP contribution in [-0.2, 0) is 5.41 Å². The number of pyridine rings is 1. The lowest BCUT2D eigenvalue weighted by Gasteiger charge is -2.21. The molecule has 0 aromatic carbocycles. The maximum Gasteiger partial charge on any atom is 0.254 e. The Labute approximate surface area is 108 Å². The van der Waals surface area contributed by atoms with Crippen molar-refractivity contribution >= 4 is 11.7 Å². The highest BCUT2D eigenvalue weighted by Gasteiger charge is 2.23. The Bertz CT molecular complexity index is 457. The Hall–Kier alpha value is -1.58. The molecule has 0 unspecified atom stereocenters. The molecule has 1 amide bonds. The van der Waals surface area contributed by atoms with Crippen LogP contribution in [0.2, 0.25) is 0 Å². The van der Waals surface area contributed by atoms with Crippen LogP contribution in [0.4, 0.5) is 5.82 Å². The molecule has 0 saturated carbocycles. The van der Waals surface area contributed by atoms with Gasteiger partial charge in [0.2, 0.25) is 0 Å². The number of hydrogen-bond donors (Lipinski definition) is 1. The molecule has 0 atom stereocenters. The van der Waals surface area contributed by atoms with Crippen LogP contribution in [0.15, 0.2) is 12.1 Å². The highest BCUT2D eigenvalue weighted by atomic mass is 16.2. The summed E-state index contributed by atoms with van der Waals surface area (Å²) < 4.78 is 0. The summed E-state index contributed by atoms with van der Waals surface area (Å²) in [4.78, 5) is 18.5. The zero-order chi connectivity index (χ0) is 13.3. The number of carbonyl (C=O) groups excluding carboxylic acids is 1. The second kappa shape index (κ2) is 4.59. The molecule has 2 heterocycles. The molecule has 1 aromatic heterocycles. The third-order valence-corrected chi connectivity index (χ3v) is 3.25. The topological polar surface area (TPSA) is 59.2 Å². The summed E-state index contributed by atoms with van der Waals surface area (Å²) in [5.74, 6) is 0.497. The molecule has 1 aliphatic rings. The molecule has 1 saturated heterocycles. The highest BCUT2D eigenvalue weighted by Crippen LogP contribution is 2.23. The van der Waals surface area contributed by atoms with Crippen molar-refractivity contribution in [1.29, 1.82) is 0 Å². The van der Waals surface area contributed by atoms with Crippen molar-refractivity contribution in [2.45, 2.75) is 39.0 Å². The minimum Gasteiger partial charge on any atom is -0.384 e. The van der Waals surface area contributed by atoms with Gasteiger partial charge >= 0.3 is 0 Å². The van der Waals surface area contributed by atoms with Crippen LogP contribution >= 0.6 is 0 Å². The van der Waals surface area contributed by atoms with Gasteiger partial charge in [0.15, 0.2) is 0 Å². The van der Waals surface area contributed by atoms with E-state index in [1.165, 1.54) is 0 Å². The first kappa shape index (κ1) is 12.9. The molecule has 0 radical (unpaired) electrons. The Kier molecular flexibility index (Phi) is 3.28. The van der Waals surface area contributed by atoms with Gasteiger partial charge in [-0.25, -0.2) is 4.98 Å². The lowest BCUT2D eigenvalue weighted by Crippen LogP contribution is -2.28. The number of rotatable bonds is 1. The van der Waals surface area contributed by atoms with Crippen molar-refractivity contribution in [3.8, 4) is 0 Å². The fourth-order valence-corrected chi connectivity index (χ4v) is 2.16. The number of carbonyl (C=O) groups is 1. The highest BCUT2D eigenvalue weighted by molar-refractivity contribution is 5.95. The average molecular weight is 247 g/mol. The molecule has 4 heteroatoms. The Morgan fingerprint density at radius 3 is 2.44 bits per heavy atom. The van der Waals surface area contributed by atoms with Gasteiger partial charge in [-0.15, -0.1) is 0 Å². The minimum atomic E-state index is -0.102. The monoisotopic (exact) mass is 247 g/mol. The largest absolute Gasteiger partial charge is 0.384 e. The molecular formula is C14H21N3O. The number of hydrogen-bond acceptors (Lipinski definition) is 3. The standard InChI is InChI=1S/C14H21N3O/c1-14(2,3)11-8-10(9-12(15)16-11)13(18)17-6-4-5-7-17/h8-9H,4-7H2,1-3H3,(H2,15,16). The zero-order valence-corrected chi connectivity index (χ0v) is 11.4. The number of aromatic nitrogens is 1. The summed E-state index contributed by atoms with van der Waals surface area (Å²) in [6.07, 6.45) is 2.19. The van der Waals surface area contributed by atoms with E-state index in [1.54, 1.807) is 6.07 Å². The van der Waals surface area contributed by atoms with Gasteiger partial charge < -0.3 is 10.6 Å². The minimum absolute atomic E-state index is 0.0760. The van der Waals surface area contributed by atoms with Crippen LogP contribution in [0, 0.1) is 0 Å². The molecule has 0 bridgehead atoms. The molecule has 98 valence electrons. The van der Waals surface area contributed by atoms with Crippen molar-refractivity contribution in [2.75, 3.05) is 18.8 Å². The van der Waals surface area contributed by atoms with Gasteiger partial charge in [-0.05, 0) is 25.0 Å². The predicted octanol–water partition coefficient (Wildman–Crippen LogP) is 2.20. The van der Waals surface area contributed by atoms with Gasteiger partial charge in [-0.3, -0.25) is 4.79 Å². The summed E-state index contributed by atoms with van der Waals surface area (Å²) in [5, 5.41) is 0. The fraction of sp³-hybridized carbons (Fsp3) is 0.571. The molecule has 1 fully saturated rings. The molecule has 1 aromatic rings. The van der Waals surface area contributed by atoms with E-state index < -0.39 is 0 Å². The van der Waals surface area contributed by atoms with Crippen molar-refractivity contribution in [1.82, 2.24) is 9.88 Å². The van der Waals surface area contributed by atoms with Gasteiger partial charge in [0, 0.05) is 29.8 Å². The molecule has 2 rings (SSSR count). The normalized spacial score (nSPS) is 16.1. The third kappa shape index (κ3) is 2.63. The number of nitrogens with zero attached hydrogens (tertiary/aromatic N) is 2. The second-order valence-electron chi connectivity index (χ2n) is 5.92. The third-order valence-electron chi connectivity index (χ3n) is 3.25. The van der Waals surface area contributed by atoms with Gasteiger partial charge in [-0.1, -0.05) is 20.8 Å². The molecule has 2 N–H and O–H groups in total. The van der Waals surface area contributed by atoms with Crippen molar-refractivity contribution in [3.63, 3.8) is 0 Å². The molecule has 4 nitrogen and oxygen atoms in total. The fourth-order valence-electron chi connectivity index (χ4n) is 2.16. The quantitative estimate of drug-likeness (QED) is 0.827. The Morgan fingerprint density at radius 2 is 1.89 bits per heavy atom. The summed E-state index contributed by atoms with van der Waals surface area (Å²) >= 11 is 0. The van der Waals surface area contributed by atoms with Gasteiger partial charge in [0.25, 0.3) is 5.91 Å². The van der Waals surface area contributed by atoms with Crippen LogP contribution in [0.3, 0.4) is 0 Å². The lowest BCUT2D eigenvalue weighted by molar-refractivity contribution is 0.0792. The second-order valence-corrected chi connectivity index (χ2v) is 5.92. The first-order valence-corrected chi connectivity index (χ1v) is 6.45. The van der Waals surface area contributed by atoms with Crippen molar-refractivity contribution < 1.29 is 4.79 Å². The number of anilines is 1. The molecule has 0 aliphatic carbocycles. The molecule has 1 aliphatic heterocycles. The van der Waals surface area contributed by atoms with Crippen molar-refractivity contribution in [2.24, 2.45) is 0 Å². The summed E-state index contributed by atoms with van der Waals surface area (Å²) in [6.45, 7) is 7.91. The molecule has 0 spiro atoms. The SMILES string of the molecule is CC(C)(C)c1cc(C(=O)N2CCCC2)cc(N)n1. The van der Waals surface area contributed by atoms with Crippen LogP contribution in [0.25, 0.3) is 0 Å². The first-order chi connectivity index (χ1) is 8.38. The molecule has 18 heavy (non-hydrogen) atoms. The summed E-state index contributed by atoms with van der Waals surface area (Å²) in [6, 6.07) is 3.55. The number of nitrogen functional groups attached to an aromatic ring is 1. The maximum absolute atomic E-state index is 12.3. The zero-order valence-electron chi connectivity index (χ0n) is 11.4. The number of nitrogens with two attached hydrogens (primary N) is 1. The van der Waals surface area contributed by atoms with Crippen LogP contribution in [-0.4, -0.2) is 28.9 Å². The van der Waals surface area contributed by atoms with E-state index in [-0.39, 0.29) is 11.3 Å². The molecular weight excluding hydrogens is 226 g/mol. The van der Waals surface area contributed by atoms with E-state index in [0.29, 0.717) is 11.4 Å². The Balaban J connectivity index is 2.33. The van der Waals surface area contributed by atoms with E-state index in [0.717, 1.165) is 31.6 Å². The van der Waals surface area contributed by atoms with Crippen LogP contribution in [0.1, 0.15) is 49.7 Å². The number of likely N-dealkylation sites (tertiary alicyclic amines) is 1. The van der Waals surface area contributed by atoms with Crippen LogP contribution < -0.4 is 5.73 Å². The van der Waals surface area contributed by atoms with Gasteiger partial charge in [0.1, 0.15) is 5.82 Å². The number of amides is 1.